The van der Waals surface area contributed by atoms with Gasteiger partial charge in [-0.25, -0.2) is 8.42 Å². The summed E-state index contributed by atoms with van der Waals surface area (Å²) < 4.78 is 65.2. The molecule has 0 spiro atoms. The highest BCUT2D eigenvalue weighted by Crippen LogP contribution is 2.32. The van der Waals surface area contributed by atoms with E-state index in [0.717, 1.165) is 60.0 Å². The summed E-state index contributed by atoms with van der Waals surface area (Å²) >= 11 is 0. The SMILES string of the molecule is CC(C(=O)NC1CCCC1)N(Cc1ccccc1)C(=O)CCCN(c1cccc(C(F)(F)F)c1)S(C)(=O)=O. The molecule has 0 heterocycles. The normalized spacial score (nSPS) is 15.2. The number of hydrogen-bond donors (Lipinski definition) is 1. The van der Waals surface area contributed by atoms with Crippen LogP contribution in [-0.2, 0) is 32.3 Å². The van der Waals surface area contributed by atoms with Crippen LogP contribution in [0.3, 0.4) is 0 Å². The Morgan fingerprint density at radius 1 is 1.05 bits per heavy atom. The van der Waals surface area contributed by atoms with Crippen molar-refractivity contribution in [3.05, 3.63) is 65.7 Å². The lowest BCUT2D eigenvalue weighted by Gasteiger charge is -2.30. The lowest BCUT2D eigenvalue weighted by Crippen LogP contribution is -2.49. The summed E-state index contributed by atoms with van der Waals surface area (Å²) in [7, 11) is -3.91. The number of anilines is 1. The Morgan fingerprint density at radius 2 is 1.71 bits per heavy atom. The smallest absolute Gasteiger partial charge is 0.352 e. The van der Waals surface area contributed by atoms with Crippen LogP contribution in [0.5, 0.6) is 0 Å². The van der Waals surface area contributed by atoms with Crippen LogP contribution in [0.4, 0.5) is 18.9 Å². The van der Waals surface area contributed by atoms with E-state index in [2.05, 4.69) is 5.32 Å². The first kappa shape index (κ1) is 29.5. The average Bonchev–Trinajstić information content (AvgIpc) is 3.37. The fourth-order valence-electron chi connectivity index (χ4n) is 4.60. The zero-order valence-electron chi connectivity index (χ0n) is 21.6. The second-order valence-corrected chi connectivity index (χ2v) is 11.6. The Balaban J connectivity index is 1.72. The molecule has 2 amide bonds. The van der Waals surface area contributed by atoms with Crippen LogP contribution in [-0.4, -0.2) is 50.0 Å². The van der Waals surface area contributed by atoms with Crippen LogP contribution in [0.25, 0.3) is 0 Å². The Bertz CT molecular complexity index is 1200. The zero-order chi connectivity index (χ0) is 27.9. The molecule has 1 fully saturated rings. The van der Waals surface area contributed by atoms with Crippen LogP contribution in [0.15, 0.2) is 54.6 Å². The second-order valence-electron chi connectivity index (χ2n) is 9.66. The van der Waals surface area contributed by atoms with Crippen molar-refractivity contribution < 1.29 is 31.2 Å². The Morgan fingerprint density at radius 3 is 2.32 bits per heavy atom. The molecular weight excluding hydrogens is 519 g/mol. The third-order valence-electron chi connectivity index (χ3n) is 6.68. The number of halogens is 3. The van der Waals surface area contributed by atoms with Crippen LogP contribution >= 0.6 is 0 Å². The molecule has 2 aromatic rings. The summed E-state index contributed by atoms with van der Waals surface area (Å²) in [5.41, 5.74) is -0.251. The molecule has 3 rings (SSSR count). The first-order chi connectivity index (χ1) is 17.9. The number of amides is 2. The number of alkyl halides is 3. The lowest BCUT2D eigenvalue weighted by molar-refractivity contribution is -0.141. The predicted octanol–water partition coefficient (Wildman–Crippen LogP) is 4.73. The van der Waals surface area contributed by atoms with Crippen LogP contribution < -0.4 is 9.62 Å². The van der Waals surface area contributed by atoms with E-state index in [4.69, 9.17) is 0 Å². The third-order valence-corrected chi connectivity index (χ3v) is 7.87. The highest BCUT2D eigenvalue weighted by atomic mass is 32.2. The second kappa shape index (κ2) is 12.6. The van der Waals surface area contributed by atoms with Gasteiger partial charge in [0.25, 0.3) is 0 Å². The van der Waals surface area contributed by atoms with Gasteiger partial charge in [-0.05, 0) is 49.9 Å². The summed E-state index contributed by atoms with van der Waals surface area (Å²) in [5, 5.41) is 3.02. The molecule has 7 nitrogen and oxygen atoms in total. The highest BCUT2D eigenvalue weighted by molar-refractivity contribution is 7.92. The van der Waals surface area contributed by atoms with Crippen LogP contribution in [0.1, 0.15) is 56.6 Å². The van der Waals surface area contributed by atoms with E-state index in [0.29, 0.717) is 0 Å². The fraction of sp³-hybridized carbons (Fsp3) is 0.481. The maximum absolute atomic E-state index is 13.3. The molecule has 1 saturated carbocycles. The summed E-state index contributed by atoms with van der Waals surface area (Å²) in [6.45, 7) is 1.67. The minimum atomic E-state index is -4.62. The molecule has 0 bridgehead atoms. The molecule has 1 unspecified atom stereocenters. The molecule has 11 heteroatoms. The maximum atomic E-state index is 13.3. The molecule has 208 valence electrons. The van der Waals surface area contributed by atoms with Gasteiger partial charge < -0.3 is 10.2 Å². The number of carbonyl (C=O) groups excluding carboxylic acids is 2. The van der Waals surface area contributed by atoms with Crippen LogP contribution in [0.2, 0.25) is 0 Å². The number of rotatable bonds is 11. The molecule has 0 radical (unpaired) electrons. The maximum Gasteiger partial charge on any atom is 0.416 e. The van der Waals surface area contributed by atoms with Crippen molar-refractivity contribution in [2.45, 2.75) is 70.3 Å². The molecule has 0 saturated heterocycles. The van der Waals surface area contributed by atoms with E-state index >= 15 is 0 Å². The first-order valence-corrected chi connectivity index (χ1v) is 14.5. The van der Waals surface area contributed by atoms with Gasteiger partial charge in [0.05, 0.1) is 17.5 Å². The molecule has 38 heavy (non-hydrogen) atoms. The number of hydrogen-bond acceptors (Lipinski definition) is 4. The molecule has 0 aliphatic heterocycles. The van der Waals surface area contributed by atoms with Crippen molar-refractivity contribution in [3.63, 3.8) is 0 Å². The molecule has 2 aromatic carbocycles. The monoisotopic (exact) mass is 553 g/mol. The van der Waals surface area contributed by atoms with Crippen molar-refractivity contribution in [2.24, 2.45) is 0 Å². The minimum Gasteiger partial charge on any atom is -0.352 e. The molecule has 1 atom stereocenters. The van der Waals surface area contributed by atoms with Gasteiger partial charge in [0.2, 0.25) is 21.8 Å². The third kappa shape index (κ3) is 8.21. The van der Waals surface area contributed by atoms with Crippen molar-refractivity contribution in [1.82, 2.24) is 10.2 Å². The van der Waals surface area contributed by atoms with Gasteiger partial charge in [0, 0.05) is 25.6 Å². The van der Waals surface area contributed by atoms with Gasteiger partial charge in [-0.1, -0.05) is 49.2 Å². The number of nitrogens with one attached hydrogen (secondary N) is 1. The largest absolute Gasteiger partial charge is 0.416 e. The van der Waals surface area contributed by atoms with Crippen molar-refractivity contribution in [1.29, 1.82) is 0 Å². The average molecular weight is 554 g/mol. The first-order valence-electron chi connectivity index (χ1n) is 12.6. The topological polar surface area (TPSA) is 86.8 Å². The molecule has 1 aliphatic rings. The van der Waals surface area contributed by atoms with Gasteiger partial charge in [-0.15, -0.1) is 0 Å². The van der Waals surface area contributed by atoms with E-state index < -0.39 is 27.8 Å². The minimum absolute atomic E-state index is 0.0599. The number of nitrogens with zero attached hydrogens (tertiary/aromatic N) is 2. The molecular formula is C27H34F3N3O4S. The van der Waals surface area contributed by atoms with Gasteiger partial charge in [0.1, 0.15) is 6.04 Å². The number of benzene rings is 2. The predicted molar refractivity (Wildman–Crippen MR) is 140 cm³/mol. The summed E-state index contributed by atoms with van der Waals surface area (Å²) in [6.07, 6.45) is 0.172. The number of carbonyl (C=O) groups is 2. The van der Waals surface area contributed by atoms with Gasteiger partial charge in [-0.2, -0.15) is 13.2 Å². The van der Waals surface area contributed by atoms with Gasteiger partial charge >= 0.3 is 6.18 Å². The van der Waals surface area contributed by atoms with Crippen molar-refractivity contribution in [2.75, 3.05) is 17.1 Å². The van der Waals surface area contributed by atoms with E-state index in [-0.39, 0.29) is 49.5 Å². The lowest BCUT2D eigenvalue weighted by atomic mass is 10.1. The quantitative estimate of drug-likeness (QED) is 0.436. The van der Waals surface area contributed by atoms with Crippen LogP contribution in [0, 0.1) is 0 Å². The number of sulfonamides is 1. The van der Waals surface area contributed by atoms with E-state index in [1.165, 1.54) is 11.0 Å². The van der Waals surface area contributed by atoms with Gasteiger partial charge in [-0.3, -0.25) is 13.9 Å². The Labute approximate surface area is 222 Å². The van der Waals surface area contributed by atoms with Crippen molar-refractivity contribution in [3.8, 4) is 0 Å². The summed E-state index contributed by atoms with van der Waals surface area (Å²) in [5.74, 6) is -0.594. The van der Waals surface area contributed by atoms with E-state index in [1.807, 2.05) is 30.3 Å². The molecule has 1 N–H and O–H groups in total. The summed E-state index contributed by atoms with van der Waals surface area (Å²) in [6, 6.07) is 12.6. The molecule has 1 aliphatic carbocycles. The zero-order valence-corrected chi connectivity index (χ0v) is 22.4. The fourth-order valence-corrected chi connectivity index (χ4v) is 5.55. The van der Waals surface area contributed by atoms with Crippen molar-refractivity contribution >= 4 is 27.5 Å². The van der Waals surface area contributed by atoms with E-state index in [9.17, 15) is 31.2 Å². The standard InChI is InChI=1S/C27H34F3N3O4S/c1-20(26(35)31-23-13-6-7-14-23)32(19-21-10-4-3-5-11-21)25(34)16-9-17-33(38(2,36)37)24-15-8-12-22(18-24)27(28,29)30/h3-5,8,10-12,15,18,20,23H,6-7,9,13-14,16-17,19H2,1-2H3,(H,31,35). The highest BCUT2D eigenvalue weighted by Gasteiger charge is 2.32. The Kier molecular flexibility index (Phi) is 9.81. The summed E-state index contributed by atoms with van der Waals surface area (Å²) in [4.78, 5) is 27.7. The van der Waals surface area contributed by atoms with Gasteiger partial charge in [0.15, 0.2) is 0 Å². The molecule has 0 aromatic heterocycles. The Hall–Kier alpha value is -3.08. The van der Waals surface area contributed by atoms with E-state index in [1.54, 1.807) is 6.92 Å².